The Morgan fingerprint density at radius 3 is 2.31 bits per heavy atom. The van der Waals surface area contributed by atoms with Gasteiger partial charge in [0.05, 0.1) is 5.69 Å². The third-order valence-corrected chi connectivity index (χ3v) is 2.57. The molecule has 0 fully saturated rings. The SMILES string of the molecule is [B]c1nn([B])c(C(=C/C)/C(C=C)=C\C)c1C. The van der Waals surface area contributed by atoms with Crippen LogP contribution in [0.25, 0.3) is 5.57 Å². The summed E-state index contributed by atoms with van der Waals surface area (Å²) in [4.78, 5) is 0. The zero-order valence-corrected chi connectivity index (χ0v) is 9.99. The van der Waals surface area contributed by atoms with Crippen LogP contribution in [0.1, 0.15) is 25.1 Å². The fraction of sp³-hybridized carbons (Fsp3) is 0.250. The van der Waals surface area contributed by atoms with Gasteiger partial charge in [0.15, 0.2) is 0 Å². The first-order valence-corrected chi connectivity index (χ1v) is 5.12. The maximum Gasteiger partial charge on any atom is 0.265 e. The summed E-state index contributed by atoms with van der Waals surface area (Å²) in [5, 5.41) is 4.00. The summed E-state index contributed by atoms with van der Waals surface area (Å²) in [5.74, 6) is 0. The molecule has 0 aromatic carbocycles. The Hall–Kier alpha value is -1.44. The summed E-state index contributed by atoms with van der Waals surface area (Å²) in [6.07, 6.45) is 5.74. The van der Waals surface area contributed by atoms with E-state index in [1.165, 1.54) is 4.59 Å². The zero-order valence-electron chi connectivity index (χ0n) is 9.99. The van der Waals surface area contributed by atoms with Crippen molar-refractivity contribution in [1.29, 1.82) is 0 Å². The number of allylic oxidation sites excluding steroid dienone is 5. The lowest BCUT2D eigenvalue weighted by molar-refractivity contribution is 0.988. The summed E-state index contributed by atoms with van der Waals surface area (Å²) in [6.45, 7) is 9.59. The molecule has 0 saturated carbocycles. The van der Waals surface area contributed by atoms with Crippen LogP contribution in [0, 0.1) is 6.92 Å². The highest BCUT2D eigenvalue weighted by molar-refractivity contribution is 6.32. The van der Waals surface area contributed by atoms with E-state index in [0.29, 0.717) is 5.59 Å². The molecule has 0 aliphatic carbocycles. The first kappa shape index (κ1) is 12.6. The van der Waals surface area contributed by atoms with Gasteiger partial charge >= 0.3 is 0 Å². The molecule has 16 heavy (non-hydrogen) atoms. The zero-order chi connectivity index (χ0) is 12.3. The van der Waals surface area contributed by atoms with Crippen molar-refractivity contribution < 1.29 is 0 Å². The van der Waals surface area contributed by atoms with Crippen LogP contribution in [0.5, 0.6) is 0 Å². The first-order chi connectivity index (χ1) is 7.56. The van der Waals surface area contributed by atoms with E-state index in [1.807, 2.05) is 32.9 Å². The van der Waals surface area contributed by atoms with Crippen LogP contribution in [0.3, 0.4) is 0 Å². The van der Waals surface area contributed by atoms with E-state index in [9.17, 15) is 0 Å². The Kier molecular flexibility index (Phi) is 3.99. The van der Waals surface area contributed by atoms with E-state index in [4.69, 9.17) is 15.8 Å². The summed E-state index contributed by atoms with van der Waals surface area (Å²) in [6, 6.07) is 0. The summed E-state index contributed by atoms with van der Waals surface area (Å²) in [5.41, 5.74) is 4.17. The number of hydrogen-bond donors (Lipinski definition) is 0. The maximum absolute atomic E-state index is 5.79. The van der Waals surface area contributed by atoms with E-state index < -0.39 is 0 Å². The fourth-order valence-electron chi connectivity index (χ4n) is 1.68. The largest absolute Gasteiger partial charge is 0.324 e. The maximum atomic E-state index is 5.79. The average Bonchev–Trinajstić information content (AvgIpc) is 2.51. The van der Waals surface area contributed by atoms with Gasteiger partial charge in [-0.3, -0.25) is 0 Å². The predicted octanol–water partition coefficient (Wildman–Crippen LogP) is 1.45. The van der Waals surface area contributed by atoms with Crippen molar-refractivity contribution in [1.82, 2.24) is 9.69 Å². The lowest BCUT2D eigenvalue weighted by Gasteiger charge is -2.10. The van der Waals surface area contributed by atoms with Crippen molar-refractivity contribution in [2.75, 3.05) is 0 Å². The van der Waals surface area contributed by atoms with Crippen molar-refractivity contribution in [2.24, 2.45) is 0 Å². The topological polar surface area (TPSA) is 17.8 Å². The minimum Gasteiger partial charge on any atom is -0.324 e. The molecular weight excluding hydrogens is 194 g/mol. The first-order valence-electron chi connectivity index (χ1n) is 5.12. The van der Waals surface area contributed by atoms with E-state index in [-0.39, 0.29) is 0 Å². The van der Waals surface area contributed by atoms with Gasteiger partial charge in [-0.1, -0.05) is 24.8 Å². The van der Waals surface area contributed by atoms with Crippen LogP contribution in [0.2, 0.25) is 0 Å². The van der Waals surface area contributed by atoms with Crippen molar-refractivity contribution in [2.45, 2.75) is 20.8 Å². The van der Waals surface area contributed by atoms with Crippen LogP contribution in [-0.2, 0) is 0 Å². The third-order valence-electron chi connectivity index (χ3n) is 2.57. The number of aromatic nitrogens is 2. The molecule has 1 rings (SSSR count). The molecular formula is C12H14B2N2. The van der Waals surface area contributed by atoms with Crippen molar-refractivity contribution in [3.8, 4) is 0 Å². The predicted molar refractivity (Wildman–Crippen MR) is 71.1 cm³/mol. The van der Waals surface area contributed by atoms with Crippen molar-refractivity contribution >= 4 is 27.0 Å². The van der Waals surface area contributed by atoms with Gasteiger partial charge in [-0.2, -0.15) is 0 Å². The molecule has 0 unspecified atom stereocenters. The van der Waals surface area contributed by atoms with Crippen LogP contribution >= 0.6 is 0 Å². The molecule has 0 aliphatic heterocycles. The summed E-state index contributed by atoms with van der Waals surface area (Å²) >= 11 is 0. The van der Waals surface area contributed by atoms with E-state index in [2.05, 4.69) is 11.7 Å². The number of rotatable bonds is 3. The Labute approximate surface area is 99.6 Å². The Balaban J connectivity index is 3.41. The molecule has 4 radical (unpaired) electrons. The molecule has 1 aromatic heterocycles. The molecule has 2 nitrogen and oxygen atoms in total. The molecule has 4 heteroatoms. The van der Waals surface area contributed by atoms with Gasteiger partial charge in [-0.05, 0) is 31.9 Å². The van der Waals surface area contributed by atoms with Gasteiger partial charge in [0.25, 0.3) is 7.98 Å². The van der Waals surface area contributed by atoms with E-state index in [1.54, 1.807) is 6.08 Å². The molecule has 0 spiro atoms. The fourth-order valence-corrected chi connectivity index (χ4v) is 1.68. The Morgan fingerprint density at radius 1 is 1.38 bits per heavy atom. The van der Waals surface area contributed by atoms with Gasteiger partial charge in [0, 0.05) is 11.2 Å². The quantitative estimate of drug-likeness (QED) is 0.542. The molecule has 0 atom stereocenters. The molecule has 0 saturated heterocycles. The van der Waals surface area contributed by atoms with Gasteiger partial charge in [0.2, 0.25) is 0 Å². The highest BCUT2D eigenvalue weighted by atomic mass is 15.2. The van der Waals surface area contributed by atoms with E-state index >= 15 is 0 Å². The molecule has 0 bridgehead atoms. The molecule has 78 valence electrons. The highest BCUT2D eigenvalue weighted by Crippen LogP contribution is 2.24. The lowest BCUT2D eigenvalue weighted by atomic mass is 9.93. The van der Waals surface area contributed by atoms with Crippen LogP contribution in [0.4, 0.5) is 0 Å². The van der Waals surface area contributed by atoms with Gasteiger partial charge < -0.3 is 4.59 Å². The smallest absolute Gasteiger partial charge is 0.265 e. The average molecular weight is 208 g/mol. The minimum absolute atomic E-state index is 0.455. The standard InChI is InChI=1S/C12H14B2N2/c1-5-9(6-2)10(7-3)11-8(4)12(13)15-16(11)14/h5-7H,1H2,2-4H3/b9-6-,10-7+. The second-order valence-electron chi connectivity index (χ2n) is 3.45. The second kappa shape index (κ2) is 5.06. The van der Waals surface area contributed by atoms with Crippen LogP contribution < -0.4 is 5.59 Å². The molecule has 1 aromatic rings. The molecule has 1 heterocycles. The van der Waals surface area contributed by atoms with E-state index in [0.717, 1.165) is 22.4 Å². The van der Waals surface area contributed by atoms with Crippen LogP contribution in [-0.4, -0.2) is 25.5 Å². The summed E-state index contributed by atoms with van der Waals surface area (Å²) < 4.78 is 1.31. The van der Waals surface area contributed by atoms with Crippen LogP contribution in [0.15, 0.2) is 30.4 Å². The Morgan fingerprint density at radius 2 is 2.00 bits per heavy atom. The second-order valence-corrected chi connectivity index (χ2v) is 3.45. The minimum atomic E-state index is 0.455. The lowest BCUT2D eigenvalue weighted by Crippen LogP contribution is -2.08. The van der Waals surface area contributed by atoms with Gasteiger partial charge in [0.1, 0.15) is 7.85 Å². The molecule has 0 amide bonds. The van der Waals surface area contributed by atoms with Gasteiger partial charge in [-0.25, -0.2) is 5.10 Å². The number of nitrogens with zero attached hydrogens (tertiary/aromatic N) is 2. The van der Waals surface area contributed by atoms with Crippen molar-refractivity contribution in [3.63, 3.8) is 0 Å². The molecule has 0 aliphatic rings. The summed E-state index contributed by atoms with van der Waals surface area (Å²) in [7, 11) is 11.5. The normalized spacial score (nSPS) is 12.9. The van der Waals surface area contributed by atoms with Gasteiger partial charge in [-0.15, -0.1) is 0 Å². The molecule has 0 N–H and O–H groups in total. The third kappa shape index (κ3) is 2.06. The highest BCUT2D eigenvalue weighted by Gasteiger charge is 2.13. The van der Waals surface area contributed by atoms with Crippen molar-refractivity contribution in [3.05, 3.63) is 41.6 Å². The monoisotopic (exact) mass is 208 g/mol. The number of hydrogen-bond acceptors (Lipinski definition) is 1. The Bertz CT molecular complexity index is 468.